The van der Waals surface area contributed by atoms with Crippen molar-refractivity contribution < 1.29 is 9.53 Å². The molecule has 0 saturated heterocycles. The van der Waals surface area contributed by atoms with Gasteiger partial charge in [0.2, 0.25) is 5.95 Å². The lowest BCUT2D eigenvalue weighted by molar-refractivity contribution is 0.0943. The number of pyridine rings is 1. The maximum atomic E-state index is 12.5. The Kier molecular flexibility index (Phi) is 5.16. The average Bonchev–Trinajstić information content (AvgIpc) is 2.60. The summed E-state index contributed by atoms with van der Waals surface area (Å²) >= 11 is 0. The molecule has 3 rings (SSSR count). The molecular formula is C17H21N7O2. The van der Waals surface area contributed by atoms with Crippen LogP contribution in [-0.2, 0) is 0 Å². The number of anilines is 4. The van der Waals surface area contributed by atoms with Gasteiger partial charge in [0, 0.05) is 24.8 Å². The van der Waals surface area contributed by atoms with E-state index in [1.807, 2.05) is 26.0 Å². The second-order valence-corrected chi connectivity index (χ2v) is 5.98. The van der Waals surface area contributed by atoms with Crippen molar-refractivity contribution in [3.05, 3.63) is 36.2 Å². The standard InChI is InChI=1S/C17H21N7O2/c1-10(2)22-16(25)12-9-21-17-19-5-3-4-6-26-13-7-11(8-20-14(13)18)23-15(12)24-17/h3-4,7-10H,5-6H2,1-2H3,(H2,18,20)(H,22,25)(H2,19,21,23,24)/b4-3-. The molecule has 0 saturated carbocycles. The number of carbonyl (C=O) groups is 1. The van der Waals surface area contributed by atoms with E-state index >= 15 is 0 Å². The summed E-state index contributed by atoms with van der Waals surface area (Å²) in [6, 6.07) is 1.71. The molecule has 4 bridgehead atoms. The van der Waals surface area contributed by atoms with E-state index in [1.165, 1.54) is 6.20 Å². The molecule has 136 valence electrons. The van der Waals surface area contributed by atoms with Crippen molar-refractivity contribution in [3.8, 4) is 5.75 Å². The van der Waals surface area contributed by atoms with Gasteiger partial charge in [-0.05, 0) is 19.9 Å². The van der Waals surface area contributed by atoms with Gasteiger partial charge < -0.3 is 26.4 Å². The molecule has 3 heterocycles. The van der Waals surface area contributed by atoms with Crippen LogP contribution < -0.4 is 26.4 Å². The highest BCUT2D eigenvalue weighted by Gasteiger charge is 2.17. The highest BCUT2D eigenvalue weighted by atomic mass is 16.5. The third-order valence-electron chi connectivity index (χ3n) is 3.48. The quantitative estimate of drug-likeness (QED) is 0.600. The Balaban J connectivity index is 2.01. The van der Waals surface area contributed by atoms with E-state index in [4.69, 9.17) is 10.5 Å². The molecule has 0 spiro atoms. The average molecular weight is 355 g/mol. The normalized spacial score (nSPS) is 14.6. The number of amides is 1. The summed E-state index contributed by atoms with van der Waals surface area (Å²) in [7, 11) is 0. The van der Waals surface area contributed by atoms with Crippen molar-refractivity contribution in [2.75, 3.05) is 29.5 Å². The number of hydrogen-bond donors (Lipinski definition) is 4. The van der Waals surface area contributed by atoms with E-state index in [-0.39, 0.29) is 17.8 Å². The minimum absolute atomic E-state index is 0.00871. The molecule has 0 fully saturated rings. The molecule has 0 unspecified atom stereocenters. The van der Waals surface area contributed by atoms with Crippen LogP contribution in [0.15, 0.2) is 30.6 Å². The number of fused-ring (bicyclic) bond motifs is 4. The molecule has 2 aromatic rings. The molecule has 0 radical (unpaired) electrons. The Labute approximate surface area is 151 Å². The molecule has 9 nitrogen and oxygen atoms in total. The number of nitrogens with one attached hydrogen (secondary N) is 3. The second-order valence-electron chi connectivity index (χ2n) is 5.98. The Morgan fingerprint density at radius 3 is 2.96 bits per heavy atom. The van der Waals surface area contributed by atoms with Crippen LogP contribution in [0.3, 0.4) is 0 Å². The number of aromatic nitrogens is 3. The highest BCUT2D eigenvalue weighted by molar-refractivity contribution is 5.99. The molecule has 1 amide bonds. The van der Waals surface area contributed by atoms with Crippen LogP contribution in [0.1, 0.15) is 24.2 Å². The zero-order chi connectivity index (χ0) is 18.5. The highest BCUT2D eigenvalue weighted by Crippen LogP contribution is 2.26. The van der Waals surface area contributed by atoms with Crippen molar-refractivity contribution in [2.24, 2.45) is 0 Å². The van der Waals surface area contributed by atoms with Gasteiger partial charge in [-0.2, -0.15) is 4.98 Å². The fraction of sp³-hybridized carbons (Fsp3) is 0.294. The number of ether oxygens (including phenoxy) is 1. The number of nitrogens with two attached hydrogens (primary N) is 1. The fourth-order valence-corrected chi connectivity index (χ4v) is 2.28. The van der Waals surface area contributed by atoms with Crippen molar-refractivity contribution in [2.45, 2.75) is 19.9 Å². The zero-order valence-electron chi connectivity index (χ0n) is 14.6. The Hall–Kier alpha value is -3.36. The van der Waals surface area contributed by atoms with Gasteiger partial charge in [-0.1, -0.05) is 6.08 Å². The molecule has 26 heavy (non-hydrogen) atoms. The molecule has 0 aromatic carbocycles. The van der Waals surface area contributed by atoms with Gasteiger partial charge in [0.15, 0.2) is 11.6 Å². The first-order valence-corrected chi connectivity index (χ1v) is 8.25. The van der Waals surface area contributed by atoms with E-state index in [2.05, 4.69) is 30.9 Å². The molecule has 1 aliphatic heterocycles. The van der Waals surface area contributed by atoms with Gasteiger partial charge >= 0.3 is 0 Å². The van der Waals surface area contributed by atoms with Crippen LogP contribution in [0.5, 0.6) is 5.75 Å². The molecule has 0 atom stereocenters. The first-order valence-electron chi connectivity index (χ1n) is 8.25. The van der Waals surface area contributed by atoms with Crippen molar-refractivity contribution in [3.63, 3.8) is 0 Å². The number of hydrogen-bond acceptors (Lipinski definition) is 8. The van der Waals surface area contributed by atoms with Crippen molar-refractivity contribution >= 4 is 29.2 Å². The molecule has 0 aliphatic carbocycles. The maximum absolute atomic E-state index is 12.5. The molecule has 9 heteroatoms. The summed E-state index contributed by atoms with van der Waals surface area (Å²) in [5, 5.41) is 9.01. The predicted molar refractivity (Wildman–Crippen MR) is 99.7 cm³/mol. The lowest BCUT2D eigenvalue weighted by Crippen LogP contribution is -2.31. The summed E-state index contributed by atoms with van der Waals surface area (Å²) < 4.78 is 5.62. The molecular weight excluding hydrogens is 334 g/mol. The minimum Gasteiger partial charge on any atom is -0.486 e. The van der Waals surface area contributed by atoms with Gasteiger partial charge in [0.1, 0.15) is 18.0 Å². The van der Waals surface area contributed by atoms with Gasteiger partial charge in [-0.25, -0.2) is 9.97 Å². The van der Waals surface area contributed by atoms with Crippen LogP contribution in [0, 0.1) is 0 Å². The van der Waals surface area contributed by atoms with Crippen LogP contribution in [0.4, 0.5) is 23.3 Å². The van der Waals surface area contributed by atoms with E-state index in [0.717, 1.165) is 0 Å². The summed E-state index contributed by atoms with van der Waals surface area (Å²) in [5.74, 6) is 1.24. The van der Waals surface area contributed by atoms with E-state index in [1.54, 1.807) is 12.3 Å². The molecule has 5 N–H and O–H groups in total. The summed E-state index contributed by atoms with van der Waals surface area (Å²) in [5.41, 5.74) is 6.78. The van der Waals surface area contributed by atoms with Gasteiger partial charge in [-0.3, -0.25) is 4.79 Å². The fourth-order valence-electron chi connectivity index (χ4n) is 2.28. The van der Waals surface area contributed by atoms with Crippen molar-refractivity contribution in [1.82, 2.24) is 20.3 Å². The molecule has 2 aromatic heterocycles. The Morgan fingerprint density at radius 2 is 2.15 bits per heavy atom. The monoisotopic (exact) mass is 355 g/mol. The van der Waals surface area contributed by atoms with Crippen LogP contribution in [0.25, 0.3) is 0 Å². The van der Waals surface area contributed by atoms with E-state index in [0.29, 0.717) is 41.9 Å². The topological polar surface area (TPSA) is 127 Å². The second kappa shape index (κ2) is 7.68. The lowest BCUT2D eigenvalue weighted by Gasteiger charge is -2.14. The van der Waals surface area contributed by atoms with Gasteiger partial charge in [0.25, 0.3) is 5.91 Å². The lowest BCUT2D eigenvalue weighted by atomic mass is 10.2. The number of nitrogens with zero attached hydrogens (tertiary/aromatic N) is 3. The van der Waals surface area contributed by atoms with Gasteiger partial charge in [0.05, 0.1) is 11.9 Å². The number of carbonyl (C=O) groups excluding carboxylic acids is 1. The number of rotatable bonds is 2. The first-order chi connectivity index (χ1) is 12.5. The summed E-state index contributed by atoms with van der Waals surface area (Å²) in [6.45, 7) is 4.65. The Morgan fingerprint density at radius 1 is 1.31 bits per heavy atom. The van der Waals surface area contributed by atoms with E-state index < -0.39 is 0 Å². The van der Waals surface area contributed by atoms with Crippen LogP contribution in [0.2, 0.25) is 0 Å². The predicted octanol–water partition coefficient (Wildman–Crippen LogP) is 1.70. The third kappa shape index (κ3) is 4.18. The third-order valence-corrected chi connectivity index (χ3v) is 3.48. The zero-order valence-corrected chi connectivity index (χ0v) is 14.6. The number of nitrogen functional groups attached to an aromatic ring is 1. The van der Waals surface area contributed by atoms with E-state index in [9.17, 15) is 4.79 Å². The van der Waals surface area contributed by atoms with Crippen molar-refractivity contribution in [1.29, 1.82) is 0 Å². The smallest absolute Gasteiger partial charge is 0.256 e. The van der Waals surface area contributed by atoms with Crippen LogP contribution in [-0.4, -0.2) is 40.1 Å². The summed E-state index contributed by atoms with van der Waals surface area (Å²) in [6.07, 6.45) is 6.79. The molecule has 1 aliphatic rings. The summed E-state index contributed by atoms with van der Waals surface area (Å²) in [4.78, 5) is 25.2. The van der Waals surface area contributed by atoms with Gasteiger partial charge in [-0.15, -0.1) is 0 Å². The maximum Gasteiger partial charge on any atom is 0.256 e. The first kappa shape index (κ1) is 17.5. The SMILES string of the molecule is CC(C)NC(=O)c1cnc2nc1Nc1cnc(N)c(c1)OC/C=C\CN2. The Bertz CT molecular complexity index is 836. The van der Waals surface area contributed by atoms with Crippen LogP contribution >= 0.6 is 0 Å². The minimum atomic E-state index is -0.266. The largest absolute Gasteiger partial charge is 0.486 e.